The van der Waals surface area contributed by atoms with E-state index >= 15 is 0 Å². The zero-order chi connectivity index (χ0) is 24.2. The number of aliphatic hydroxyl groups excluding tert-OH is 1. The molecule has 0 bridgehead atoms. The van der Waals surface area contributed by atoms with Crippen LogP contribution in [0.2, 0.25) is 0 Å². The van der Waals surface area contributed by atoms with Crippen molar-refractivity contribution in [3.05, 3.63) is 71.8 Å². The van der Waals surface area contributed by atoms with E-state index in [0.29, 0.717) is 0 Å². The van der Waals surface area contributed by atoms with Crippen LogP contribution in [0.25, 0.3) is 0 Å². The molecule has 0 heterocycles. The van der Waals surface area contributed by atoms with Crippen molar-refractivity contribution in [1.82, 2.24) is 10.6 Å². The number of rotatable bonds is 11. The first-order chi connectivity index (χ1) is 15.8. The number of hydrogen-bond donors (Lipinski definition) is 4. The number of benzene rings is 2. The van der Waals surface area contributed by atoms with Crippen LogP contribution >= 0.6 is 0 Å². The molecule has 10 heteroatoms. The number of esters is 1. The highest BCUT2D eigenvalue weighted by Gasteiger charge is 2.30. The molecular weight excluding hydrogens is 430 g/mol. The molecule has 3 atom stereocenters. The summed E-state index contributed by atoms with van der Waals surface area (Å²) in [5, 5.41) is 14.4. The van der Waals surface area contributed by atoms with Gasteiger partial charge in [-0.25, -0.2) is 4.79 Å². The number of nitrogens with two attached hydrogens (primary N) is 1. The van der Waals surface area contributed by atoms with Gasteiger partial charge in [0.15, 0.2) is 0 Å². The number of carbonyl (C=O) groups excluding carboxylic acids is 4. The van der Waals surface area contributed by atoms with Crippen molar-refractivity contribution < 1.29 is 33.8 Å². The standard InChI is InChI=1S/C23H27N3O7/c1-15(27)20(26-23(31)33-14-17-10-6-3-7-11-17)22(30)25-18(21(24)29)12-19(28)32-13-16-8-4-2-5-9-16/h2-11,15,18,20,27H,12-14H2,1H3,(H2,24,29)(H,25,30)(H,26,31)/t15-,18+,20+/m1/s1. The second kappa shape index (κ2) is 12.8. The lowest BCUT2D eigenvalue weighted by Gasteiger charge is -2.23. The van der Waals surface area contributed by atoms with Crippen molar-refractivity contribution in [1.29, 1.82) is 0 Å². The molecule has 0 aliphatic rings. The Balaban J connectivity index is 1.89. The number of primary amides is 1. The average molecular weight is 457 g/mol. The fraction of sp³-hybridized carbons (Fsp3) is 0.304. The van der Waals surface area contributed by atoms with Gasteiger partial charge in [-0.15, -0.1) is 0 Å². The minimum absolute atomic E-state index is 0.00971. The summed E-state index contributed by atoms with van der Waals surface area (Å²) < 4.78 is 10.1. The second-order valence-electron chi connectivity index (χ2n) is 7.24. The zero-order valence-electron chi connectivity index (χ0n) is 18.1. The molecule has 2 aromatic carbocycles. The third kappa shape index (κ3) is 8.99. The van der Waals surface area contributed by atoms with Crippen molar-refractivity contribution in [2.24, 2.45) is 5.73 Å². The predicted octanol–water partition coefficient (Wildman–Crippen LogP) is 0.766. The zero-order valence-corrected chi connectivity index (χ0v) is 18.1. The Morgan fingerprint density at radius 3 is 1.88 bits per heavy atom. The van der Waals surface area contributed by atoms with Crippen LogP contribution in [0.3, 0.4) is 0 Å². The lowest BCUT2D eigenvalue weighted by Crippen LogP contribution is -2.57. The highest BCUT2D eigenvalue weighted by molar-refractivity contribution is 5.93. The summed E-state index contributed by atoms with van der Waals surface area (Å²) in [7, 11) is 0. The summed E-state index contributed by atoms with van der Waals surface area (Å²) in [6.07, 6.45) is -2.79. The Kier molecular flexibility index (Phi) is 9.84. The van der Waals surface area contributed by atoms with Gasteiger partial charge in [0.1, 0.15) is 25.3 Å². The van der Waals surface area contributed by atoms with Gasteiger partial charge in [-0.2, -0.15) is 0 Å². The van der Waals surface area contributed by atoms with Crippen LogP contribution in [0.1, 0.15) is 24.5 Å². The Bertz CT molecular complexity index is 936. The van der Waals surface area contributed by atoms with Crippen LogP contribution in [0, 0.1) is 0 Å². The summed E-state index contributed by atoms with van der Waals surface area (Å²) in [5.74, 6) is -2.65. The molecule has 3 amide bonds. The maximum absolute atomic E-state index is 12.6. The first-order valence-corrected chi connectivity index (χ1v) is 10.2. The van der Waals surface area contributed by atoms with E-state index in [4.69, 9.17) is 15.2 Å². The van der Waals surface area contributed by atoms with Gasteiger partial charge >= 0.3 is 12.1 Å². The summed E-state index contributed by atoms with van der Waals surface area (Å²) in [6, 6.07) is 14.9. The predicted molar refractivity (Wildman–Crippen MR) is 117 cm³/mol. The Labute approximate surface area is 191 Å². The van der Waals surface area contributed by atoms with Gasteiger partial charge < -0.3 is 30.9 Å². The van der Waals surface area contributed by atoms with Crippen molar-refractivity contribution in [2.75, 3.05) is 0 Å². The van der Waals surface area contributed by atoms with Crippen LogP contribution in [0.5, 0.6) is 0 Å². The van der Waals surface area contributed by atoms with Gasteiger partial charge in [-0.3, -0.25) is 14.4 Å². The minimum Gasteiger partial charge on any atom is -0.461 e. The molecule has 176 valence electrons. The van der Waals surface area contributed by atoms with E-state index < -0.39 is 48.5 Å². The number of ether oxygens (including phenoxy) is 2. The van der Waals surface area contributed by atoms with E-state index in [2.05, 4.69) is 10.6 Å². The molecule has 0 saturated carbocycles. The maximum Gasteiger partial charge on any atom is 0.408 e. The smallest absolute Gasteiger partial charge is 0.408 e. The van der Waals surface area contributed by atoms with Crippen LogP contribution in [0.4, 0.5) is 4.79 Å². The highest BCUT2D eigenvalue weighted by atomic mass is 16.5. The SMILES string of the molecule is C[C@@H](O)[C@H](NC(=O)OCc1ccccc1)C(=O)N[C@@H](CC(=O)OCc1ccccc1)C(N)=O. The molecule has 2 rings (SSSR count). The summed E-state index contributed by atoms with van der Waals surface area (Å²) in [6.45, 7) is 1.22. The lowest BCUT2D eigenvalue weighted by atomic mass is 10.1. The highest BCUT2D eigenvalue weighted by Crippen LogP contribution is 2.05. The van der Waals surface area contributed by atoms with E-state index in [9.17, 15) is 24.3 Å². The molecule has 0 aromatic heterocycles. The maximum atomic E-state index is 12.6. The second-order valence-corrected chi connectivity index (χ2v) is 7.24. The molecule has 10 nitrogen and oxygen atoms in total. The van der Waals surface area contributed by atoms with Crippen LogP contribution in [-0.4, -0.2) is 47.2 Å². The van der Waals surface area contributed by atoms with Gasteiger partial charge in [0.05, 0.1) is 12.5 Å². The molecule has 2 aromatic rings. The normalized spacial score (nSPS) is 13.2. The topological polar surface area (TPSA) is 157 Å². The lowest BCUT2D eigenvalue weighted by molar-refractivity contribution is -0.147. The van der Waals surface area contributed by atoms with Gasteiger partial charge in [-0.05, 0) is 18.1 Å². The van der Waals surface area contributed by atoms with Crippen molar-refractivity contribution >= 4 is 23.9 Å². The van der Waals surface area contributed by atoms with Crippen LogP contribution in [-0.2, 0) is 37.1 Å². The van der Waals surface area contributed by atoms with Crippen LogP contribution in [0.15, 0.2) is 60.7 Å². The number of alkyl carbamates (subject to hydrolysis) is 1. The fourth-order valence-corrected chi connectivity index (χ4v) is 2.74. The quantitative estimate of drug-likeness (QED) is 0.363. The Hall–Kier alpha value is -3.92. The number of aliphatic hydroxyl groups is 1. The molecule has 0 saturated heterocycles. The molecule has 0 radical (unpaired) electrons. The first kappa shape index (κ1) is 25.3. The monoisotopic (exact) mass is 457 g/mol. The van der Waals surface area contributed by atoms with Gasteiger partial charge in [0.2, 0.25) is 11.8 Å². The van der Waals surface area contributed by atoms with Crippen molar-refractivity contribution in [3.63, 3.8) is 0 Å². The van der Waals surface area contributed by atoms with Gasteiger partial charge in [0, 0.05) is 0 Å². The minimum atomic E-state index is -1.45. The van der Waals surface area contributed by atoms with Crippen LogP contribution < -0.4 is 16.4 Å². The van der Waals surface area contributed by atoms with E-state index in [-0.39, 0.29) is 13.2 Å². The average Bonchev–Trinajstić information content (AvgIpc) is 2.80. The summed E-state index contributed by atoms with van der Waals surface area (Å²) >= 11 is 0. The van der Waals surface area contributed by atoms with E-state index in [1.165, 1.54) is 6.92 Å². The first-order valence-electron chi connectivity index (χ1n) is 10.2. The largest absolute Gasteiger partial charge is 0.461 e. The van der Waals surface area contributed by atoms with E-state index in [1.807, 2.05) is 12.1 Å². The third-order valence-corrected chi connectivity index (χ3v) is 4.52. The molecule has 5 N–H and O–H groups in total. The van der Waals surface area contributed by atoms with Crippen molar-refractivity contribution in [3.8, 4) is 0 Å². The van der Waals surface area contributed by atoms with Gasteiger partial charge in [0.25, 0.3) is 0 Å². The number of carbonyl (C=O) groups is 4. The summed E-state index contributed by atoms with van der Waals surface area (Å²) in [4.78, 5) is 48.5. The Morgan fingerprint density at radius 1 is 0.879 bits per heavy atom. The molecule has 0 unspecified atom stereocenters. The molecule has 0 aliphatic heterocycles. The molecule has 0 spiro atoms. The molecule has 0 fully saturated rings. The Morgan fingerprint density at radius 2 is 1.39 bits per heavy atom. The molecule has 0 aliphatic carbocycles. The number of amides is 3. The van der Waals surface area contributed by atoms with Crippen molar-refractivity contribution in [2.45, 2.75) is 44.7 Å². The molecular formula is C23H27N3O7. The van der Waals surface area contributed by atoms with E-state index in [0.717, 1.165) is 11.1 Å². The summed E-state index contributed by atoms with van der Waals surface area (Å²) in [5.41, 5.74) is 6.77. The van der Waals surface area contributed by atoms with Gasteiger partial charge in [-0.1, -0.05) is 60.7 Å². The number of nitrogens with one attached hydrogen (secondary N) is 2. The number of hydrogen-bond acceptors (Lipinski definition) is 7. The molecule has 33 heavy (non-hydrogen) atoms. The third-order valence-electron chi connectivity index (χ3n) is 4.52. The fourth-order valence-electron chi connectivity index (χ4n) is 2.74. The van der Waals surface area contributed by atoms with E-state index in [1.54, 1.807) is 48.5 Å².